The van der Waals surface area contributed by atoms with Crippen molar-refractivity contribution >= 4 is 5.91 Å². The van der Waals surface area contributed by atoms with Gasteiger partial charge in [-0.15, -0.1) is 0 Å². The number of oxazole rings is 1. The first-order chi connectivity index (χ1) is 16.2. The van der Waals surface area contributed by atoms with Gasteiger partial charge in [-0.05, 0) is 50.1 Å². The van der Waals surface area contributed by atoms with Crippen molar-refractivity contribution in [1.82, 2.24) is 10.3 Å². The summed E-state index contributed by atoms with van der Waals surface area (Å²) in [4.78, 5) is 16.9. The van der Waals surface area contributed by atoms with Crippen molar-refractivity contribution in [3.05, 3.63) is 65.1 Å². The predicted molar refractivity (Wildman–Crippen MR) is 115 cm³/mol. The highest BCUT2D eigenvalue weighted by molar-refractivity contribution is 5.94. The van der Waals surface area contributed by atoms with Crippen LogP contribution in [0.4, 0.5) is 17.6 Å². The van der Waals surface area contributed by atoms with Crippen LogP contribution < -0.4 is 20.5 Å². The topological polar surface area (TPSA) is 99.6 Å². The summed E-state index contributed by atoms with van der Waals surface area (Å²) in [6, 6.07) is 6.61. The molecule has 3 aromatic rings. The Morgan fingerprint density at radius 1 is 1.18 bits per heavy atom. The van der Waals surface area contributed by atoms with Crippen molar-refractivity contribution < 1.29 is 36.2 Å². The maximum absolute atomic E-state index is 13.8. The van der Waals surface area contributed by atoms with Gasteiger partial charge in [0.2, 0.25) is 5.89 Å². The summed E-state index contributed by atoms with van der Waals surface area (Å²) in [5.74, 6) is -1.99. The van der Waals surface area contributed by atoms with Crippen LogP contribution in [0.5, 0.6) is 11.5 Å². The molecule has 0 aliphatic heterocycles. The van der Waals surface area contributed by atoms with Gasteiger partial charge in [-0.25, -0.2) is 13.8 Å². The van der Waals surface area contributed by atoms with Gasteiger partial charge in [0.25, 0.3) is 5.91 Å². The smallest absolute Gasteiger partial charge is 0.387 e. The van der Waals surface area contributed by atoms with E-state index in [0.717, 1.165) is 12.1 Å². The number of rotatable bonds is 10. The van der Waals surface area contributed by atoms with Crippen LogP contribution in [-0.2, 0) is 6.42 Å². The first-order valence-corrected chi connectivity index (χ1v) is 10.4. The molecule has 1 amide bonds. The Morgan fingerprint density at radius 3 is 2.59 bits per heavy atom. The van der Waals surface area contributed by atoms with Crippen molar-refractivity contribution in [3.63, 3.8) is 0 Å². The number of benzene rings is 2. The third kappa shape index (κ3) is 6.04. The average Bonchev–Trinajstić information content (AvgIpc) is 3.22. The molecule has 0 bridgehead atoms. The molecule has 2 aromatic carbocycles. The summed E-state index contributed by atoms with van der Waals surface area (Å²) in [7, 11) is 0. The minimum Gasteiger partial charge on any atom is -0.490 e. The highest BCUT2D eigenvalue weighted by atomic mass is 19.3. The van der Waals surface area contributed by atoms with E-state index in [0.29, 0.717) is 5.56 Å². The SMILES string of the molecule is CCOc1cc(-c2nc(C(=O)NCCc3ccc(F)cc3F)c([C@H](C)N)o2)ccc1OC(F)F. The van der Waals surface area contributed by atoms with E-state index in [-0.39, 0.29) is 54.0 Å². The summed E-state index contributed by atoms with van der Waals surface area (Å²) < 4.78 is 67.6. The van der Waals surface area contributed by atoms with Crippen molar-refractivity contribution in [3.8, 4) is 23.0 Å². The fourth-order valence-corrected chi connectivity index (χ4v) is 3.15. The molecule has 34 heavy (non-hydrogen) atoms. The van der Waals surface area contributed by atoms with Gasteiger partial charge in [0.15, 0.2) is 23.0 Å². The van der Waals surface area contributed by atoms with Crippen LogP contribution in [-0.4, -0.2) is 30.7 Å². The number of amides is 1. The highest BCUT2D eigenvalue weighted by Gasteiger charge is 2.24. The van der Waals surface area contributed by atoms with Gasteiger partial charge in [-0.2, -0.15) is 8.78 Å². The maximum Gasteiger partial charge on any atom is 0.387 e. The van der Waals surface area contributed by atoms with E-state index in [1.165, 1.54) is 24.3 Å². The molecule has 0 fully saturated rings. The standard InChI is InChI=1S/C23H23F4N3O4/c1-3-32-18-10-14(5-7-17(18)33-23(26)27)22-30-19(20(34-22)12(2)28)21(31)29-9-8-13-4-6-15(24)11-16(13)25/h4-7,10-12,23H,3,8-9,28H2,1-2H3,(H,29,31)/t12-/m0/s1. The summed E-state index contributed by atoms with van der Waals surface area (Å²) >= 11 is 0. The molecule has 182 valence electrons. The van der Waals surface area contributed by atoms with Crippen molar-refractivity contribution in [2.45, 2.75) is 32.9 Å². The van der Waals surface area contributed by atoms with Gasteiger partial charge in [-0.1, -0.05) is 6.07 Å². The van der Waals surface area contributed by atoms with Crippen LogP contribution >= 0.6 is 0 Å². The second kappa shape index (κ2) is 11.0. The lowest BCUT2D eigenvalue weighted by Crippen LogP contribution is -2.28. The largest absolute Gasteiger partial charge is 0.490 e. The summed E-state index contributed by atoms with van der Waals surface area (Å²) in [6.07, 6.45) is 0.124. The lowest BCUT2D eigenvalue weighted by atomic mass is 10.1. The monoisotopic (exact) mass is 481 g/mol. The number of ether oxygens (including phenoxy) is 2. The fraction of sp³-hybridized carbons (Fsp3) is 0.304. The molecular weight excluding hydrogens is 458 g/mol. The number of aromatic nitrogens is 1. The van der Waals surface area contributed by atoms with Gasteiger partial charge >= 0.3 is 6.61 Å². The van der Waals surface area contributed by atoms with E-state index in [2.05, 4.69) is 15.0 Å². The highest BCUT2D eigenvalue weighted by Crippen LogP contribution is 2.34. The zero-order valence-corrected chi connectivity index (χ0v) is 18.4. The number of hydrogen-bond acceptors (Lipinski definition) is 6. The number of nitrogens with one attached hydrogen (secondary N) is 1. The zero-order chi connectivity index (χ0) is 24.8. The molecule has 3 N–H and O–H groups in total. The van der Waals surface area contributed by atoms with Crippen molar-refractivity contribution in [2.75, 3.05) is 13.2 Å². The van der Waals surface area contributed by atoms with Gasteiger partial charge in [0.1, 0.15) is 11.6 Å². The molecule has 0 aliphatic rings. The van der Waals surface area contributed by atoms with Crippen molar-refractivity contribution in [1.29, 1.82) is 0 Å². The fourth-order valence-electron chi connectivity index (χ4n) is 3.15. The number of carbonyl (C=O) groups excluding carboxylic acids is 1. The Balaban J connectivity index is 1.81. The number of halogens is 4. The van der Waals surface area contributed by atoms with Crippen LogP contribution in [0.3, 0.4) is 0 Å². The molecule has 0 aliphatic carbocycles. The third-order valence-corrected chi connectivity index (χ3v) is 4.68. The number of carbonyl (C=O) groups is 1. The Bertz CT molecular complexity index is 1150. The minimum absolute atomic E-state index is 0.0200. The normalized spacial score (nSPS) is 12.0. The maximum atomic E-state index is 13.8. The minimum atomic E-state index is -3.03. The average molecular weight is 481 g/mol. The molecule has 0 radical (unpaired) electrons. The second-order valence-corrected chi connectivity index (χ2v) is 7.24. The second-order valence-electron chi connectivity index (χ2n) is 7.24. The molecule has 1 aromatic heterocycles. The lowest BCUT2D eigenvalue weighted by Gasteiger charge is -2.11. The Morgan fingerprint density at radius 2 is 1.94 bits per heavy atom. The van der Waals surface area contributed by atoms with Gasteiger partial charge in [0, 0.05) is 18.2 Å². The van der Waals surface area contributed by atoms with Crippen LogP contribution in [0.15, 0.2) is 40.8 Å². The van der Waals surface area contributed by atoms with Crippen LogP contribution in [0.1, 0.15) is 41.7 Å². The first-order valence-electron chi connectivity index (χ1n) is 10.4. The van der Waals surface area contributed by atoms with Crippen molar-refractivity contribution in [2.24, 2.45) is 5.73 Å². The van der Waals surface area contributed by atoms with E-state index < -0.39 is 30.2 Å². The third-order valence-electron chi connectivity index (χ3n) is 4.68. The van der Waals surface area contributed by atoms with Gasteiger partial charge in [0.05, 0.1) is 12.6 Å². The summed E-state index contributed by atoms with van der Waals surface area (Å²) in [5, 5.41) is 2.61. The summed E-state index contributed by atoms with van der Waals surface area (Å²) in [5.41, 5.74) is 6.44. The molecule has 0 unspecified atom stereocenters. The first kappa shape index (κ1) is 25.0. The van der Waals surface area contributed by atoms with Crippen LogP contribution in [0.25, 0.3) is 11.5 Å². The molecule has 0 saturated heterocycles. The molecule has 7 nitrogen and oxygen atoms in total. The van der Waals surface area contributed by atoms with Crippen LogP contribution in [0, 0.1) is 11.6 Å². The van der Waals surface area contributed by atoms with E-state index in [1.54, 1.807) is 13.8 Å². The Kier molecular flexibility index (Phi) is 8.11. The summed E-state index contributed by atoms with van der Waals surface area (Å²) in [6.45, 7) is 0.492. The zero-order valence-electron chi connectivity index (χ0n) is 18.4. The Hall–Kier alpha value is -3.60. The number of nitrogens with zero attached hydrogens (tertiary/aromatic N) is 1. The lowest BCUT2D eigenvalue weighted by molar-refractivity contribution is -0.0514. The van der Waals surface area contributed by atoms with Crippen LogP contribution in [0.2, 0.25) is 0 Å². The molecule has 1 heterocycles. The molecule has 0 spiro atoms. The molecule has 3 rings (SSSR count). The number of alkyl halides is 2. The molecule has 0 saturated carbocycles. The Labute approximate surface area is 192 Å². The number of hydrogen-bond donors (Lipinski definition) is 2. The molecular formula is C23H23F4N3O4. The molecule has 1 atom stereocenters. The van der Waals surface area contributed by atoms with E-state index >= 15 is 0 Å². The predicted octanol–water partition coefficient (Wildman–Crippen LogP) is 4.61. The van der Waals surface area contributed by atoms with Gasteiger partial charge in [-0.3, -0.25) is 4.79 Å². The van der Waals surface area contributed by atoms with E-state index in [9.17, 15) is 22.4 Å². The van der Waals surface area contributed by atoms with E-state index in [4.69, 9.17) is 14.9 Å². The molecule has 11 heteroatoms. The quantitative estimate of drug-likeness (QED) is 0.410. The van der Waals surface area contributed by atoms with E-state index in [1.807, 2.05) is 0 Å². The number of nitrogens with two attached hydrogens (primary N) is 1. The van der Waals surface area contributed by atoms with Gasteiger partial charge < -0.3 is 24.9 Å².